The maximum atomic E-state index is 5.43. The summed E-state index contributed by atoms with van der Waals surface area (Å²) in [5, 5.41) is 0. The third-order valence-electron chi connectivity index (χ3n) is 3.00. The van der Waals surface area contributed by atoms with Gasteiger partial charge in [0.2, 0.25) is 0 Å². The van der Waals surface area contributed by atoms with Crippen LogP contribution in [0.4, 0.5) is 0 Å². The number of thioether (sulfide) groups is 1. The third-order valence-corrected chi connectivity index (χ3v) is 4.04. The second-order valence-electron chi connectivity index (χ2n) is 4.64. The van der Waals surface area contributed by atoms with E-state index >= 15 is 0 Å². The Bertz CT molecular complexity index is 670. The molecule has 0 aliphatic heterocycles. The summed E-state index contributed by atoms with van der Waals surface area (Å²) in [6.07, 6.45) is 0. The van der Waals surface area contributed by atoms with Crippen LogP contribution in [-0.2, 0) is 5.75 Å². The van der Waals surface area contributed by atoms with Crippen LogP contribution in [0.5, 0.6) is 5.75 Å². The molecule has 0 heterocycles. The molecule has 0 aliphatic rings. The molecule has 108 valence electrons. The van der Waals surface area contributed by atoms with E-state index in [1.165, 1.54) is 10.5 Å². The molecule has 0 radical (unpaired) electrons. The highest BCUT2D eigenvalue weighted by Crippen LogP contribution is 2.29. The molecule has 2 nitrogen and oxygen atoms in total. The minimum Gasteiger partial charge on any atom is -0.496 e. The van der Waals surface area contributed by atoms with Crippen molar-refractivity contribution in [3.8, 4) is 17.6 Å². The van der Waals surface area contributed by atoms with Crippen LogP contribution in [0.1, 0.15) is 16.7 Å². The van der Waals surface area contributed by atoms with Gasteiger partial charge in [0, 0.05) is 21.8 Å². The summed E-state index contributed by atoms with van der Waals surface area (Å²) in [5.74, 6) is 7.69. The van der Waals surface area contributed by atoms with Crippen molar-refractivity contribution in [2.24, 2.45) is 5.73 Å². The van der Waals surface area contributed by atoms with Gasteiger partial charge in [-0.1, -0.05) is 29.5 Å². The van der Waals surface area contributed by atoms with E-state index in [0.29, 0.717) is 6.54 Å². The van der Waals surface area contributed by atoms with Crippen LogP contribution in [0.3, 0.4) is 0 Å². The standard InChI is InChI=1S/C18H19NOS/c1-14-5-3-7-17(11-14)21-13-16-12-15(6-4-10-19)8-9-18(16)20-2/h3,5,7-9,11-12H,10,13,19H2,1-2H3. The van der Waals surface area contributed by atoms with Gasteiger partial charge in [-0.15, -0.1) is 11.8 Å². The lowest BCUT2D eigenvalue weighted by Gasteiger charge is -2.09. The van der Waals surface area contributed by atoms with Gasteiger partial charge < -0.3 is 10.5 Å². The minimum atomic E-state index is 0.374. The summed E-state index contributed by atoms with van der Waals surface area (Å²) >= 11 is 1.80. The monoisotopic (exact) mass is 297 g/mol. The zero-order chi connectivity index (χ0) is 15.1. The first-order chi connectivity index (χ1) is 10.2. The van der Waals surface area contributed by atoms with Crippen molar-refractivity contribution >= 4 is 11.8 Å². The van der Waals surface area contributed by atoms with Gasteiger partial charge in [0.25, 0.3) is 0 Å². The first kappa shape index (κ1) is 15.5. The SMILES string of the molecule is COc1ccc(C#CCN)cc1CSc1cccc(C)c1. The van der Waals surface area contributed by atoms with E-state index in [1.807, 2.05) is 12.1 Å². The Hall–Kier alpha value is -1.89. The zero-order valence-electron chi connectivity index (χ0n) is 12.3. The summed E-state index contributed by atoms with van der Waals surface area (Å²) in [6.45, 7) is 2.48. The largest absolute Gasteiger partial charge is 0.496 e. The molecule has 0 amide bonds. The normalized spacial score (nSPS) is 9.86. The van der Waals surface area contributed by atoms with Crippen molar-refractivity contribution in [3.05, 3.63) is 59.2 Å². The Kier molecular flexibility index (Phi) is 5.74. The molecule has 2 N–H and O–H groups in total. The lowest BCUT2D eigenvalue weighted by atomic mass is 10.1. The number of aryl methyl sites for hydroxylation is 1. The lowest BCUT2D eigenvalue weighted by molar-refractivity contribution is 0.411. The molecule has 2 aromatic carbocycles. The number of hydrogen-bond donors (Lipinski definition) is 1. The summed E-state index contributed by atoms with van der Waals surface area (Å²) < 4.78 is 5.43. The quantitative estimate of drug-likeness (QED) is 0.691. The van der Waals surface area contributed by atoms with Crippen LogP contribution in [0.2, 0.25) is 0 Å². The van der Waals surface area contributed by atoms with Crippen molar-refractivity contribution in [1.82, 2.24) is 0 Å². The van der Waals surface area contributed by atoms with E-state index in [1.54, 1.807) is 18.9 Å². The van der Waals surface area contributed by atoms with Gasteiger partial charge in [-0.25, -0.2) is 0 Å². The molecule has 0 unspecified atom stereocenters. The molecular weight excluding hydrogens is 278 g/mol. The average molecular weight is 297 g/mol. The average Bonchev–Trinajstić information content (AvgIpc) is 2.51. The van der Waals surface area contributed by atoms with Crippen molar-refractivity contribution in [1.29, 1.82) is 0 Å². The number of ether oxygens (including phenoxy) is 1. The Morgan fingerprint density at radius 2 is 2.05 bits per heavy atom. The Morgan fingerprint density at radius 1 is 1.19 bits per heavy atom. The summed E-state index contributed by atoms with van der Waals surface area (Å²) in [6, 6.07) is 14.5. The van der Waals surface area contributed by atoms with E-state index in [-0.39, 0.29) is 0 Å². The number of methoxy groups -OCH3 is 1. The van der Waals surface area contributed by atoms with Crippen LogP contribution < -0.4 is 10.5 Å². The highest BCUT2D eigenvalue weighted by Gasteiger charge is 2.05. The molecule has 0 bridgehead atoms. The Balaban J connectivity index is 2.17. The molecule has 3 heteroatoms. The predicted molar refractivity (Wildman–Crippen MR) is 89.7 cm³/mol. The molecule has 0 spiro atoms. The molecule has 0 saturated carbocycles. The molecule has 0 aliphatic carbocycles. The van der Waals surface area contributed by atoms with Crippen LogP contribution in [0.25, 0.3) is 0 Å². The van der Waals surface area contributed by atoms with Gasteiger partial charge >= 0.3 is 0 Å². The maximum Gasteiger partial charge on any atom is 0.122 e. The minimum absolute atomic E-state index is 0.374. The van der Waals surface area contributed by atoms with Gasteiger partial charge in [0.15, 0.2) is 0 Å². The van der Waals surface area contributed by atoms with E-state index in [2.05, 4.69) is 49.1 Å². The first-order valence-electron chi connectivity index (χ1n) is 6.78. The van der Waals surface area contributed by atoms with Crippen molar-refractivity contribution in [3.63, 3.8) is 0 Å². The van der Waals surface area contributed by atoms with E-state index in [4.69, 9.17) is 10.5 Å². The summed E-state index contributed by atoms with van der Waals surface area (Å²) in [5.41, 5.74) is 8.81. The van der Waals surface area contributed by atoms with E-state index in [0.717, 1.165) is 22.6 Å². The van der Waals surface area contributed by atoms with Crippen molar-refractivity contribution in [2.45, 2.75) is 17.6 Å². The van der Waals surface area contributed by atoms with Gasteiger partial charge in [-0.05, 0) is 37.3 Å². The van der Waals surface area contributed by atoms with Crippen LogP contribution in [0, 0.1) is 18.8 Å². The highest BCUT2D eigenvalue weighted by molar-refractivity contribution is 7.98. The van der Waals surface area contributed by atoms with Crippen molar-refractivity contribution in [2.75, 3.05) is 13.7 Å². The Labute approximate surface area is 130 Å². The smallest absolute Gasteiger partial charge is 0.122 e. The number of hydrogen-bond acceptors (Lipinski definition) is 3. The fraction of sp³-hybridized carbons (Fsp3) is 0.222. The van der Waals surface area contributed by atoms with Crippen LogP contribution >= 0.6 is 11.8 Å². The van der Waals surface area contributed by atoms with Gasteiger partial charge in [-0.2, -0.15) is 0 Å². The molecule has 2 rings (SSSR count). The highest BCUT2D eigenvalue weighted by atomic mass is 32.2. The topological polar surface area (TPSA) is 35.2 Å². The zero-order valence-corrected chi connectivity index (χ0v) is 13.2. The molecule has 21 heavy (non-hydrogen) atoms. The fourth-order valence-corrected chi connectivity index (χ4v) is 2.98. The third kappa shape index (κ3) is 4.56. The van der Waals surface area contributed by atoms with Gasteiger partial charge in [-0.3, -0.25) is 0 Å². The molecule has 2 aromatic rings. The predicted octanol–water partition coefficient (Wildman–Crippen LogP) is 3.61. The number of nitrogens with two attached hydrogens (primary N) is 1. The molecule has 0 fully saturated rings. The van der Waals surface area contributed by atoms with Gasteiger partial charge in [0.05, 0.1) is 13.7 Å². The molecular formula is C18H19NOS. The second kappa shape index (κ2) is 7.78. The fourth-order valence-electron chi connectivity index (χ4n) is 1.99. The maximum absolute atomic E-state index is 5.43. The molecule has 0 atom stereocenters. The number of rotatable bonds is 4. The van der Waals surface area contributed by atoms with Crippen molar-refractivity contribution < 1.29 is 4.74 Å². The number of benzene rings is 2. The Morgan fingerprint density at radius 3 is 2.76 bits per heavy atom. The lowest BCUT2D eigenvalue weighted by Crippen LogP contribution is -1.94. The van der Waals surface area contributed by atoms with E-state index in [9.17, 15) is 0 Å². The van der Waals surface area contributed by atoms with E-state index < -0.39 is 0 Å². The first-order valence-corrected chi connectivity index (χ1v) is 7.77. The second-order valence-corrected chi connectivity index (χ2v) is 5.69. The molecule has 0 aromatic heterocycles. The summed E-state index contributed by atoms with van der Waals surface area (Å²) in [4.78, 5) is 1.26. The van der Waals surface area contributed by atoms with Crippen LogP contribution in [0.15, 0.2) is 47.4 Å². The molecule has 0 saturated heterocycles. The van der Waals surface area contributed by atoms with Gasteiger partial charge in [0.1, 0.15) is 5.75 Å². The van der Waals surface area contributed by atoms with Crippen LogP contribution in [-0.4, -0.2) is 13.7 Å². The summed E-state index contributed by atoms with van der Waals surface area (Å²) in [7, 11) is 1.70.